The quantitative estimate of drug-likeness (QED) is 0.913. The van der Waals surface area contributed by atoms with Gasteiger partial charge in [0.25, 0.3) is 0 Å². The van der Waals surface area contributed by atoms with Crippen molar-refractivity contribution in [2.45, 2.75) is 25.9 Å². The molecule has 0 aliphatic carbocycles. The van der Waals surface area contributed by atoms with E-state index in [1.807, 2.05) is 36.0 Å². The molecule has 0 radical (unpaired) electrons. The van der Waals surface area contributed by atoms with Crippen LogP contribution in [0.3, 0.4) is 0 Å². The van der Waals surface area contributed by atoms with Gasteiger partial charge in [-0.1, -0.05) is 0 Å². The summed E-state index contributed by atoms with van der Waals surface area (Å²) in [7, 11) is 0. The number of hydrogen-bond acceptors (Lipinski definition) is 4. The van der Waals surface area contributed by atoms with E-state index in [9.17, 15) is 0 Å². The average Bonchev–Trinajstić information content (AvgIpc) is 3.08. The summed E-state index contributed by atoms with van der Waals surface area (Å²) in [5, 5.41) is 3.36. The van der Waals surface area contributed by atoms with Crippen LogP contribution in [0.5, 0.6) is 0 Å². The second-order valence-corrected chi connectivity index (χ2v) is 4.77. The fraction of sp³-hybridized carbons (Fsp3) is 0.429. The summed E-state index contributed by atoms with van der Waals surface area (Å²) >= 11 is 0. The smallest absolute Gasteiger partial charge is 0.138 e. The molecule has 1 aliphatic rings. The molecule has 1 N–H and O–H groups in total. The summed E-state index contributed by atoms with van der Waals surface area (Å²) in [6, 6.07) is 4.03. The number of aryl methyl sites for hydroxylation is 1. The lowest BCUT2D eigenvalue weighted by Gasteiger charge is -2.12. The fourth-order valence-electron chi connectivity index (χ4n) is 2.29. The number of nitrogens with one attached hydrogen (secondary N) is 1. The predicted molar refractivity (Wildman–Crippen MR) is 73.6 cm³/mol. The van der Waals surface area contributed by atoms with Crippen LogP contribution in [0.4, 0.5) is 5.69 Å². The number of rotatable bonds is 4. The minimum atomic E-state index is 0.343. The highest BCUT2D eigenvalue weighted by Crippen LogP contribution is 2.15. The molecule has 0 spiro atoms. The molecule has 0 aromatic carbocycles. The van der Waals surface area contributed by atoms with E-state index >= 15 is 0 Å². The van der Waals surface area contributed by atoms with Crippen molar-refractivity contribution in [2.75, 3.05) is 18.5 Å². The fourth-order valence-corrected chi connectivity index (χ4v) is 2.29. The maximum Gasteiger partial charge on any atom is 0.138 e. The van der Waals surface area contributed by atoms with E-state index in [0.29, 0.717) is 6.10 Å². The highest BCUT2D eigenvalue weighted by molar-refractivity contribution is 5.44. The van der Waals surface area contributed by atoms with Gasteiger partial charge < -0.3 is 10.1 Å². The summed E-state index contributed by atoms with van der Waals surface area (Å²) in [5.41, 5.74) is 1.03. The number of nitrogens with zero attached hydrogens (tertiary/aromatic N) is 3. The first-order chi connectivity index (χ1) is 9.33. The lowest BCUT2D eigenvalue weighted by Crippen LogP contribution is -2.18. The van der Waals surface area contributed by atoms with Gasteiger partial charge in [-0.05, 0) is 31.9 Å². The Balaban J connectivity index is 1.64. The molecule has 5 heteroatoms. The lowest BCUT2D eigenvalue weighted by molar-refractivity contribution is 0.120. The first kappa shape index (κ1) is 12.2. The second kappa shape index (κ2) is 5.40. The number of aromatic nitrogens is 3. The minimum absolute atomic E-state index is 0.343. The number of anilines is 1. The van der Waals surface area contributed by atoms with Crippen LogP contribution in [0.15, 0.2) is 30.7 Å². The zero-order valence-corrected chi connectivity index (χ0v) is 11.0. The van der Waals surface area contributed by atoms with Gasteiger partial charge in [0.15, 0.2) is 0 Å². The summed E-state index contributed by atoms with van der Waals surface area (Å²) in [6.07, 6.45) is 8.20. The molecular weight excluding hydrogens is 240 g/mol. The van der Waals surface area contributed by atoms with E-state index < -0.39 is 0 Å². The normalized spacial score (nSPS) is 18.7. The number of ether oxygens (including phenoxy) is 1. The van der Waals surface area contributed by atoms with E-state index in [1.165, 1.54) is 6.42 Å². The molecule has 3 rings (SSSR count). The van der Waals surface area contributed by atoms with Gasteiger partial charge in [-0.15, -0.1) is 0 Å². The van der Waals surface area contributed by atoms with E-state index in [-0.39, 0.29) is 0 Å². The predicted octanol–water partition coefficient (Wildman–Crippen LogP) is 2.17. The van der Waals surface area contributed by atoms with Gasteiger partial charge in [0.05, 0.1) is 18.0 Å². The van der Waals surface area contributed by atoms with Gasteiger partial charge in [-0.2, -0.15) is 0 Å². The van der Waals surface area contributed by atoms with Gasteiger partial charge >= 0.3 is 0 Å². The second-order valence-electron chi connectivity index (χ2n) is 4.77. The average molecular weight is 258 g/mol. The topological polar surface area (TPSA) is 52.0 Å². The number of pyridine rings is 1. The van der Waals surface area contributed by atoms with Crippen LogP contribution in [-0.4, -0.2) is 33.8 Å². The van der Waals surface area contributed by atoms with Crippen molar-refractivity contribution in [3.63, 3.8) is 0 Å². The third-order valence-corrected chi connectivity index (χ3v) is 3.38. The Bertz CT molecular complexity index is 529. The molecule has 2 aromatic heterocycles. The van der Waals surface area contributed by atoms with Crippen LogP contribution >= 0.6 is 0 Å². The molecule has 1 fully saturated rings. The maximum atomic E-state index is 5.58. The highest BCUT2D eigenvalue weighted by atomic mass is 16.5. The van der Waals surface area contributed by atoms with Crippen molar-refractivity contribution in [1.29, 1.82) is 0 Å². The summed E-state index contributed by atoms with van der Waals surface area (Å²) < 4.78 is 7.54. The van der Waals surface area contributed by atoms with Crippen molar-refractivity contribution >= 4 is 5.69 Å². The van der Waals surface area contributed by atoms with E-state index in [4.69, 9.17) is 4.74 Å². The summed E-state index contributed by atoms with van der Waals surface area (Å²) in [4.78, 5) is 8.64. The van der Waals surface area contributed by atoms with Crippen LogP contribution in [-0.2, 0) is 4.74 Å². The van der Waals surface area contributed by atoms with Crippen LogP contribution in [0.2, 0.25) is 0 Å². The molecule has 1 atom stereocenters. The summed E-state index contributed by atoms with van der Waals surface area (Å²) in [6.45, 7) is 3.71. The van der Waals surface area contributed by atoms with Gasteiger partial charge in [0.2, 0.25) is 0 Å². The van der Waals surface area contributed by atoms with Crippen molar-refractivity contribution in [2.24, 2.45) is 0 Å². The Kier molecular flexibility index (Phi) is 3.46. The number of imidazole rings is 1. The molecule has 0 bridgehead atoms. The molecule has 0 amide bonds. The zero-order valence-electron chi connectivity index (χ0n) is 11.0. The van der Waals surface area contributed by atoms with Crippen LogP contribution in [0.1, 0.15) is 18.7 Å². The standard InChI is InChI=1S/C14H18N4O/c1-11-15-6-7-18(11)14-5-4-12(9-17-14)16-10-13-3-2-8-19-13/h4-7,9,13,16H,2-3,8,10H2,1H3. The van der Waals surface area contributed by atoms with E-state index in [2.05, 4.69) is 15.3 Å². The molecule has 19 heavy (non-hydrogen) atoms. The van der Waals surface area contributed by atoms with Gasteiger partial charge in [-0.3, -0.25) is 4.57 Å². The Labute approximate surface area is 112 Å². The molecular formula is C14H18N4O. The molecule has 0 saturated carbocycles. The Morgan fingerprint density at radius 3 is 3.00 bits per heavy atom. The van der Waals surface area contributed by atoms with E-state index in [1.54, 1.807) is 6.20 Å². The van der Waals surface area contributed by atoms with Crippen molar-refractivity contribution in [3.8, 4) is 5.82 Å². The zero-order chi connectivity index (χ0) is 13.1. The summed E-state index contributed by atoms with van der Waals surface area (Å²) in [5.74, 6) is 1.82. The third kappa shape index (κ3) is 2.76. The van der Waals surface area contributed by atoms with E-state index in [0.717, 1.165) is 36.9 Å². The highest BCUT2D eigenvalue weighted by Gasteiger charge is 2.14. The monoisotopic (exact) mass is 258 g/mol. The van der Waals surface area contributed by atoms with Crippen molar-refractivity contribution in [1.82, 2.24) is 14.5 Å². The molecule has 2 aromatic rings. The Morgan fingerprint density at radius 1 is 1.42 bits per heavy atom. The first-order valence-electron chi connectivity index (χ1n) is 6.65. The van der Waals surface area contributed by atoms with Crippen LogP contribution in [0, 0.1) is 6.92 Å². The van der Waals surface area contributed by atoms with Gasteiger partial charge in [-0.25, -0.2) is 9.97 Å². The lowest BCUT2D eigenvalue weighted by atomic mass is 10.2. The largest absolute Gasteiger partial charge is 0.381 e. The first-order valence-corrected chi connectivity index (χ1v) is 6.65. The van der Waals surface area contributed by atoms with Crippen molar-refractivity contribution < 1.29 is 4.74 Å². The number of hydrogen-bond donors (Lipinski definition) is 1. The molecule has 3 heterocycles. The third-order valence-electron chi connectivity index (χ3n) is 3.38. The Morgan fingerprint density at radius 2 is 2.37 bits per heavy atom. The Hall–Kier alpha value is -1.88. The minimum Gasteiger partial charge on any atom is -0.381 e. The molecule has 1 saturated heterocycles. The van der Waals surface area contributed by atoms with Gasteiger partial charge in [0.1, 0.15) is 11.6 Å². The van der Waals surface area contributed by atoms with Gasteiger partial charge in [0, 0.05) is 25.5 Å². The van der Waals surface area contributed by atoms with Crippen molar-refractivity contribution in [3.05, 3.63) is 36.5 Å². The molecule has 100 valence electrons. The molecule has 1 aliphatic heterocycles. The SMILES string of the molecule is Cc1nccn1-c1ccc(NCC2CCCO2)cn1. The van der Waals surface area contributed by atoms with Crippen LogP contribution in [0.25, 0.3) is 5.82 Å². The molecule has 1 unspecified atom stereocenters. The molecule has 5 nitrogen and oxygen atoms in total. The van der Waals surface area contributed by atoms with Crippen LogP contribution < -0.4 is 5.32 Å². The maximum absolute atomic E-state index is 5.58.